The maximum atomic E-state index is 17.2. The van der Waals surface area contributed by atoms with Crippen LogP contribution < -0.4 is 16.0 Å². The predicted molar refractivity (Wildman–Crippen MR) is 194 cm³/mol. The lowest BCUT2D eigenvalue weighted by molar-refractivity contribution is -0.137. The number of pyridine rings is 1. The second kappa shape index (κ2) is 15.3. The fourth-order valence-electron chi connectivity index (χ4n) is 10.9. The van der Waals surface area contributed by atoms with Gasteiger partial charge in [-0.2, -0.15) is 0 Å². The van der Waals surface area contributed by atoms with Crippen molar-refractivity contribution in [2.45, 2.75) is 134 Å². The van der Waals surface area contributed by atoms with E-state index in [1.54, 1.807) is 24.5 Å². The van der Waals surface area contributed by atoms with Crippen molar-refractivity contribution in [2.75, 3.05) is 26.2 Å². The van der Waals surface area contributed by atoms with Crippen LogP contribution in [0.2, 0.25) is 0 Å². The molecular formula is C39H58F2N8O3. The number of hydrogen-bond donors (Lipinski definition) is 3. The van der Waals surface area contributed by atoms with Crippen LogP contribution in [0.1, 0.15) is 83.0 Å². The number of alkyl halides is 2. The normalized spacial score (nSPS) is 40.1. The Labute approximate surface area is 307 Å². The highest BCUT2D eigenvalue weighted by Gasteiger charge is 2.58. The number of carbonyl (C=O) groups excluding carboxylic acids is 3. The molecule has 286 valence electrons. The maximum Gasteiger partial charge on any atom is 0.320 e. The lowest BCUT2D eigenvalue weighted by atomic mass is 9.71. The number of hydrogen-bond acceptors (Lipinski definition) is 7. The molecule has 4 amide bonds. The molecule has 0 radical (unpaired) electrons. The zero-order valence-electron chi connectivity index (χ0n) is 31.2. The van der Waals surface area contributed by atoms with Gasteiger partial charge in [-0.05, 0) is 95.4 Å². The fourth-order valence-corrected chi connectivity index (χ4v) is 10.9. The summed E-state index contributed by atoms with van der Waals surface area (Å²) < 4.78 is 33.7. The summed E-state index contributed by atoms with van der Waals surface area (Å²) in [5.41, 5.74) is 0.457. The zero-order valence-corrected chi connectivity index (χ0v) is 31.2. The number of piperazine rings is 1. The molecule has 3 N–H and O–H groups in total. The summed E-state index contributed by atoms with van der Waals surface area (Å²) >= 11 is 0. The summed E-state index contributed by atoms with van der Waals surface area (Å²) in [7, 11) is 0. The highest BCUT2D eigenvalue weighted by atomic mass is 19.1. The van der Waals surface area contributed by atoms with Gasteiger partial charge in [0.25, 0.3) is 5.91 Å². The van der Waals surface area contributed by atoms with E-state index in [4.69, 9.17) is 0 Å². The first kappa shape index (κ1) is 37.2. The van der Waals surface area contributed by atoms with Crippen LogP contribution in [0.3, 0.4) is 0 Å². The molecule has 7 rings (SSSR count). The highest BCUT2D eigenvalue weighted by Crippen LogP contribution is 2.44. The Morgan fingerprint density at radius 2 is 1.83 bits per heavy atom. The molecule has 1 aliphatic carbocycles. The Bertz CT molecular complexity index is 1470. The lowest BCUT2D eigenvalue weighted by Gasteiger charge is -2.61. The molecule has 11 nitrogen and oxygen atoms in total. The van der Waals surface area contributed by atoms with Gasteiger partial charge in [-0.15, -0.1) is 0 Å². The Kier molecular flexibility index (Phi) is 10.9. The van der Waals surface area contributed by atoms with Gasteiger partial charge >= 0.3 is 6.03 Å². The molecule has 0 aromatic carbocycles. The second-order valence-corrected chi connectivity index (χ2v) is 16.7. The molecule has 2 bridgehead atoms. The topological polar surface area (TPSA) is 113 Å². The van der Waals surface area contributed by atoms with Gasteiger partial charge < -0.3 is 25.3 Å². The number of aromatic nitrogens is 1. The molecule has 1 saturated carbocycles. The van der Waals surface area contributed by atoms with E-state index in [1.807, 2.05) is 28.5 Å². The molecule has 13 atom stereocenters. The molecule has 13 heteroatoms. The molecule has 0 spiro atoms. The van der Waals surface area contributed by atoms with Crippen LogP contribution in [0.25, 0.3) is 0 Å². The van der Waals surface area contributed by atoms with E-state index in [0.29, 0.717) is 50.9 Å². The largest absolute Gasteiger partial charge is 0.335 e. The fraction of sp³-hybridized carbons (Fsp3) is 0.744. The van der Waals surface area contributed by atoms with Crippen molar-refractivity contribution in [1.82, 2.24) is 40.5 Å². The molecule has 1 aromatic heterocycles. The van der Waals surface area contributed by atoms with Crippen molar-refractivity contribution < 1.29 is 23.2 Å². The van der Waals surface area contributed by atoms with Crippen LogP contribution in [0, 0.1) is 23.7 Å². The van der Waals surface area contributed by atoms with Gasteiger partial charge in [0.1, 0.15) is 12.3 Å². The van der Waals surface area contributed by atoms with Crippen molar-refractivity contribution in [2.24, 2.45) is 23.7 Å². The molecule has 5 aliphatic heterocycles. The minimum Gasteiger partial charge on any atom is -0.335 e. The standard InChI is InChI=1S/C39H58F2N8O3/c1-6-31(50)47-20-24(5)48(21-23(47)4)36-27-18-29(41)34-32-28(40)12-7-13-30(32)46(38(51)26-10-8-15-42-19-26)17-9-11-25-14-16-43-33(22(2)3)35(25)49(37(27)44-34)39(52)45-36/h6,8,10,15,19,22-25,27-30,32-37,43-44H,1,7,9,11-14,16-18,20-21H2,2-5H3,(H,45,52)/t23-,24+,25?,27?,28?,29?,30?,32?,33?,34?,35?,36?,37?/m1/s1. The molecular weight excluding hydrogens is 666 g/mol. The number of nitrogens with one attached hydrogen (secondary N) is 3. The number of carbonyl (C=O) groups is 3. The van der Waals surface area contributed by atoms with E-state index in [2.05, 4.69) is 46.3 Å². The van der Waals surface area contributed by atoms with Gasteiger partial charge in [-0.25, -0.2) is 13.6 Å². The van der Waals surface area contributed by atoms with E-state index in [9.17, 15) is 14.4 Å². The van der Waals surface area contributed by atoms with Crippen LogP contribution in [0.4, 0.5) is 13.6 Å². The first-order valence-corrected chi connectivity index (χ1v) is 19.8. The van der Waals surface area contributed by atoms with E-state index in [1.165, 1.54) is 6.08 Å². The number of piperidine rings is 2. The molecule has 6 fully saturated rings. The van der Waals surface area contributed by atoms with E-state index >= 15 is 8.78 Å². The number of urea groups is 1. The van der Waals surface area contributed by atoms with E-state index in [0.717, 1.165) is 19.4 Å². The second-order valence-electron chi connectivity index (χ2n) is 16.7. The van der Waals surface area contributed by atoms with Gasteiger partial charge in [0.2, 0.25) is 5.91 Å². The molecule has 6 aliphatic rings. The molecule has 5 saturated heterocycles. The first-order valence-electron chi connectivity index (χ1n) is 19.8. The minimum atomic E-state index is -1.40. The SMILES string of the molecule is C=CC(=O)N1C[C@H](C)N(C2NC(=O)N3C4NC(C(F)CC42)C2C(F)CCCC2N(C(=O)c2cccnc2)CCCC2CCNC(C(C)C)C23)C[C@H]1C. The van der Waals surface area contributed by atoms with Crippen molar-refractivity contribution in [3.63, 3.8) is 0 Å². The van der Waals surface area contributed by atoms with Crippen LogP contribution in [0.15, 0.2) is 37.2 Å². The summed E-state index contributed by atoms with van der Waals surface area (Å²) in [6.45, 7) is 14.3. The van der Waals surface area contributed by atoms with Gasteiger partial charge in [0, 0.05) is 74.1 Å². The third kappa shape index (κ3) is 6.74. The quantitative estimate of drug-likeness (QED) is 0.404. The number of nitrogens with zero attached hydrogens (tertiary/aromatic N) is 5. The Balaban J connectivity index is 1.30. The van der Waals surface area contributed by atoms with Crippen LogP contribution >= 0.6 is 0 Å². The van der Waals surface area contributed by atoms with E-state index in [-0.39, 0.29) is 66.2 Å². The monoisotopic (exact) mass is 724 g/mol. The minimum absolute atomic E-state index is 0.00452. The summed E-state index contributed by atoms with van der Waals surface area (Å²) in [6.07, 6.45) is 4.85. The molecule has 11 unspecified atom stereocenters. The number of halogens is 2. The number of fused-ring (bicyclic) bond motifs is 5. The Morgan fingerprint density at radius 1 is 1.02 bits per heavy atom. The van der Waals surface area contributed by atoms with Crippen molar-refractivity contribution in [3.05, 3.63) is 42.7 Å². The van der Waals surface area contributed by atoms with Gasteiger partial charge in [0.05, 0.1) is 23.9 Å². The Morgan fingerprint density at radius 3 is 2.56 bits per heavy atom. The highest BCUT2D eigenvalue weighted by molar-refractivity contribution is 5.94. The molecule has 52 heavy (non-hydrogen) atoms. The van der Waals surface area contributed by atoms with Gasteiger partial charge in [0.15, 0.2) is 0 Å². The number of rotatable bonds is 4. The average molecular weight is 725 g/mol. The summed E-state index contributed by atoms with van der Waals surface area (Å²) in [4.78, 5) is 53.8. The summed E-state index contributed by atoms with van der Waals surface area (Å²) in [6, 6.07) is 1.51. The lowest BCUT2D eigenvalue weighted by Crippen LogP contribution is -2.80. The first-order chi connectivity index (χ1) is 25.0. The molecule has 6 heterocycles. The van der Waals surface area contributed by atoms with E-state index < -0.39 is 42.7 Å². The van der Waals surface area contributed by atoms with Crippen LogP contribution in [-0.2, 0) is 4.79 Å². The van der Waals surface area contributed by atoms with Gasteiger partial charge in [-0.1, -0.05) is 20.4 Å². The summed E-state index contributed by atoms with van der Waals surface area (Å²) in [5.74, 6) is -1.06. The van der Waals surface area contributed by atoms with Crippen molar-refractivity contribution in [1.29, 1.82) is 0 Å². The average Bonchev–Trinajstić information content (AvgIpc) is 3.13. The maximum absolute atomic E-state index is 17.2. The smallest absolute Gasteiger partial charge is 0.320 e. The third-order valence-corrected chi connectivity index (χ3v) is 13.3. The van der Waals surface area contributed by atoms with Crippen molar-refractivity contribution in [3.8, 4) is 0 Å². The predicted octanol–water partition coefficient (Wildman–Crippen LogP) is 3.93. The van der Waals surface area contributed by atoms with Crippen LogP contribution in [0.5, 0.6) is 0 Å². The summed E-state index contributed by atoms with van der Waals surface area (Å²) in [5, 5.41) is 10.8. The third-order valence-electron chi connectivity index (χ3n) is 13.3. The number of amides is 4. The Hall–Kier alpha value is -3.16. The molecule has 1 aromatic rings. The van der Waals surface area contributed by atoms with Crippen LogP contribution in [-0.4, -0.2) is 130 Å². The van der Waals surface area contributed by atoms with Gasteiger partial charge in [-0.3, -0.25) is 24.8 Å². The zero-order chi connectivity index (χ0) is 36.8. The van der Waals surface area contributed by atoms with Crippen molar-refractivity contribution >= 4 is 17.8 Å².